The summed E-state index contributed by atoms with van der Waals surface area (Å²) in [6.45, 7) is 0.915. The Morgan fingerprint density at radius 3 is 1.82 bits per heavy atom. The summed E-state index contributed by atoms with van der Waals surface area (Å²) in [5, 5.41) is 0. The maximum atomic E-state index is 5.69. The van der Waals surface area contributed by atoms with Crippen LogP contribution in [0.4, 0.5) is 0 Å². The summed E-state index contributed by atoms with van der Waals surface area (Å²) in [7, 11) is 0. The predicted molar refractivity (Wildman–Crippen MR) is 70.5 cm³/mol. The Labute approximate surface area is 106 Å². The highest BCUT2D eigenvalue weighted by molar-refractivity contribution is 5.06. The Hall–Kier alpha value is -0.0400. The first-order chi connectivity index (χ1) is 8.27. The summed E-state index contributed by atoms with van der Waals surface area (Å²) < 4.78 is 0. The lowest BCUT2D eigenvalue weighted by atomic mass is 9.43. The zero-order valence-electron chi connectivity index (χ0n) is 11.0. The van der Waals surface area contributed by atoms with Gasteiger partial charge >= 0.3 is 0 Å². The van der Waals surface area contributed by atoms with Gasteiger partial charge in [0, 0.05) is 0 Å². The fraction of sp³-hybridized carbons (Fsp3) is 1.00. The molecule has 2 N–H and O–H groups in total. The van der Waals surface area contributed by atoms with Crippen LogP contribution in [-0.4, -0.2) is 6.54 Å². The van der Waals surface area contributed by atoms with Crippen molar-refractivity contribution in [1.82, 2.24) is 0 Å². The van der Waals surface area contributed by atoms with Crippen molar-refractivity contribution in [2.24, 2.45) is 40.7 Å². The molecular weight excluding hydrogens is 206 g/mol. The minimum absolute atomic E-state index is 0.833. The molecule has 5 saturated carbocycles. The van der Waals surface area contributed by atoms with Crippen LogP contribution in [0, 0.1) is 35.0 Å². The number of rotatable bonds is 3. The van der Waals surface area contributed by atoms with Gasteiger partial charge in [0.05, 0.1) is 0 Å². The van der Waals surface area contributed by atoms with E-state index in [-0.39, 0.29) is 0 Å². The lowest BCUT2D eigenvalue weighted by molar-refractivity contribution is -0.119. The van der Waals surface area contributed by atoms with Gasteiger partial charge in [-0.25, -0.2) is 0 Å². The van der Waals surface area contributed by atoms with Crippen molar-refractivity contribution < 1.29 is 0 Å². The van der Waals surface area contributed by atoms with Gasteiger partial charge in [0.15, 0.2) is 0 Å². The molecule has 5 aliphatic carbocycles. The van der Waals surface area contributed by atoms with E-state index in [0.29, 0.717) is 0 Å². The van der Waals surface area contributed by atoms with Crippen LogP contribution in [0.25, 0.3) is 0 Å². The molecule has 0 unspecified atom stereocenters. The Bertz CT molecular complexity index is 267. The minimum Gasteiger partial charge on any atom is -0.330 e. The van der Waals surface area contributed by atoms with Crippen molar-refractivity contribution >= 4 is 0 Å². The van der Waals surface area contributed by atoms with E-state index in [0.717, 1.165) is 41.5 Å². The summed E-state index contributed by atoms with van der Waals surface area (Å²) in [6.07, 6.45) is 14.0. The molecule has 1 nitrogen and oxygen atoms in total. The molecular formula is C16H27N. The molecule has 5 rings (SSSR count). The first kappa shape index (κ1) is 10.8. The van der Waals surface area contributed by atoms with Crippen LogP contribution < -0.4 is 5.73 Å². The van der Waals surface area contributed by atoms with E-state index in [1.807, 2.05) is 0 Å². The third kappa shape index (κ3) is 1.61. The summed E-state index contributed by atoms with van der Waals surface area (Å²) in [5.41, 5.74) is 6.52. The zero-order chi connectivity index (χ0) is 11.5. The van der Waals surface area contributed by atoms with Crippen molar-refractivity contribution in [1.29, 1.82) is 0 Å². The molecule has 0 aromatic rings. The molecule has 96 valence electrons. The molecule has 0 spiro atoms. The molecule has 4 bridgehead atoms. The van der Waals surface area contributed by atoms with Gasteiger partial charge in [0.25, 0.3) is 0 Å². The lowest BCUT2D eigenvalue weighted by Crippen LogP contribution is -2.52. The second kappa shape index (κ2) is 3.73. The summed E-state index contributed by atoms with van der Waals surface area (Å²) in [6, 6.07) is 0. The van der Waals surface area contributed by atoms with Crippen LogP contribution >= 0.6 is 0 Å². The topological polar surface area (TPSA) is 26.0 Å². The average molecular weight is 233 g/mol. The van der Waals surface area contributed by atoms with Gasteiger partial charge in [-0.3, -0.25) is 0 Å². The van der Waals surface area contributed by atoms with Gasteiger partial charge in [-0.05, 0) is 99.3 Å². The smallest absolute Gasteiger partial charge is 0.00746 e. The highest BCUT2D eigenvalue weighted by Gasteiger charge is 2.56. The molecule has 5 aliphatic rings. The third-order valence-electron chi connectivity index (χ3n) is 6.76. The van der Waals surface area contributed by atoms with Crippen LogP contribution in [-0.2, 0) is 0 Å². The van der Waals surface area contributed by atoms with Crippen LogP contribution in [0.15, 0.2) is 0 Å². The van der Waals surface area contributed by atoms with E-state index in [4.69, 9.17) is 5.73 Å². The van der Waals surface area contributed by atoms with Crippen molar-refractivity contribution in [3.05, 3.63) is 0 Å². The van der Waals surface area contributed by atoms with Gasteiger partial charge < -0.3 is 5.73 Å². The SMILES string of the molecule is NCCC1CC(C23CC4CC(CC(C4)C2)C3)C1. The van der Waals surface area contributed by atoms with Gasteiger partial charge in [0.1, 0.15) is 0 Å². The van der Waals surface area contributed by atoms with Gasteiger partial charge in [-0.2, -0.15) is 0 Å². The monoisotopic (exact) mass is 233 g/mol. The van der Waals surface area contributed by atoms with Crippen molar-refractivity contribution in [3.8, 4) is 0 Å². The second-order valence-corrected chi connectivity index (χ2v) is 7.89. The Morgan fingerprint density at radius 1 is 0.824 bits per heavy atom. The van der Waals surface area contributed by atoms with Gasteiger partial charge in [-0.15, -0.1) is 0 Å². The quantitative estimate of drug-likeness (QED) is 0.792. The highest BCUT2D eigenvalue weighted by atomic mass is 14.6. The maximum Gasteiger partial charge on any atom is -0.00746 e. The molecule has 0 amide bonds. The molecule has 0 aliphatic heterocycles. The first-order valence-corrected chi connectivity index (χ1v) is 7.97. The van der Waals surface area contributed by atoms with E-state index in [2.05, 4.69) is 0 Å². The Morgan fingerprint density at radius 2 is 1.35 bits per heavy atom. The van der Waals surface area contributed by atoms with E-state index in [1.165, 1.54) is 19.3 Å². The van der Waals surface area contributed by atoms with Crippen LogP contribution in [0.5, 0.6) is 0 Å². The van der Waals surface area contributed by atoms with Gasteiger partial charge in [-0.1, -0.05) is 0 Å². The number of hydrogen-bond acceptors (Lipinski definition) is 1. The van der Waals surface area contributed by atoms with E-state index < -0.39 is 0 Å². The molecule has 0 atom stereocenters. The van der Waals surface area contributed by atoms with Crippen LogP contribution in [0.3, 0.4) is 0 Å². The number of hydrogen-bond donors (Lipinski definition) is 1. The Balaban J connectivity index is 1.47. The number of nitrogens with two attached hydrogens (primary N) is 1. The average Bonchev–Trinajstić information content (AvgIpc) is 2.20. The van der Waals surface area contributed by atoms with E-state index in [9.17, 15) is 0 Å². The van der Waals surface area contributed by atoms with Crippen molar-refractivity contribution in [2.75, 3.05) is 6.54 Å². The molecule has 1 heteroatoms. The first-order valence-electron chi connectivity index (χ1n) is 7.97. The fourth-order valence-electron chi connectivity index (χ4n) is 6.38. The largest absolute Gasteiger partial charge is 0.330 e. The molecule has 5 fully saturated rings. The third-order valence-corrected chi connectivity index (χ3v) is 6.76. The zero-order valence-corrected chi connectivity index (χ0v) is 11.0. The normalized spacial score (nSPS) is 55.9. The summed E-state index contributed by atoms with van der Waals surface area (Å²) in [5.74, 6) is 5.50. The van der Waals surface area contributed by atoms with Crippen molar-refractivity contribution in [2.45, 2.75) is 57.8 Å². The van der Waals surface area contributed by atoms with Crippen molar-refractivity contribution in [3.63, 3.8) is 0 Å². The second-order valence-electron chi connectivity index (χ2n) is 7.89. The summed E-state index contributed by atoms with van der Waals surface area (Å²) >= 11 is 0. The van der Waals surface area contributed by atoms with Crippen LogP contribution in [0.1, 0.15) is 57.8 Å². The minimum atomic E-state index is 0.833. The molecule has 0 radical (unpaired) electrons. The lowest BCUT2D eigenvalue weighted by Gasteiger charge is -2.62. The molecule has 0 saturated heterocycles. The predicted octanol–water partition coefficient (Wildman–Crippen LogP) is 3.58. The molecule has 0 aromatic carbocycles. The van der Waals surface area contributed by atoms with Gasteiger partial charge in [0.2, 0.25) is 0 Å². The maximum absolute atomic E-state index is 5.69. The molecule has 17 heavy (non-hydrogen) atoms. The molecule has 0 aromatic heterocycles. The Kier molecular flexibility index (Phi) is 2.38. The highest BCUT2D eigenvalue weighted by Crippen LogP contribution is 2.66. The summed E-state index contributed by atoms with van der Waals surface area (Å²) in [4.78, 5) is 0. The van der Waals surface area contributed by atoms with E-state index in [1.54, 1.807) is 38.5 Å². The van der Waals surface area contributed by atoms with E-state index >= 15 is 0 Å². The standard InChI is InChI=1S/C16H27N/c17-2-1-11-6-15(7-11)16-8-12-3-13(9-16)5-14(4-12)10-16/h11-15H,1-10,17H2. The molecule has 0 heterocycles. The van der Waals surface area contributed by atoms with Crippen LogP contribution in [0.2, 0.25) is 0 Å². The fourth-order valence-corrected chi connectivity index (χ4v) is 6.38.